The van der Waals surface area contributed by atoms with E-state index in [0.29, 0.717) is 19.6 Å². The van der Waals surface area contributed by atoms with Gasteiger partial charge >= 0.3 is 5.97 Å². The number of hydrogen-bond donors (Lipinski definition) is 0. The van der Waals surface area contributed by atoms with E-state index in [4.69, 9.17) is 9.47 Å². The lowest BCUT2D eigenvalue weighted by atomic mass is 9.99. The van der Waals surface area contributed by atoms with Crippen molar-refractivity contribution in [3.8, 4) is 0 Å². The minimum absolute atomic E-state index is 0.0636. The van der Waals surface area contributed by atoms with Crippen LogP contribution >= 0.6 is 0 Å². The maximum Gasteiger partial charge on any atom is 0.305 e. The summed E-state index contributed by atoms with van der Waals surface area (Å²) in [5, 5.41) is 0. The van der Waals surface area contributed by atoms with Crippen molar-refractivity contribution in [2.75, 3.05) is 46.0 Å². The van der Waals surface area contributed by atoms with Gasteiger partial charge in [-0.15, -0.1) is 0 Å². The second-order valence-electron chi connectivity index (χ2n) is 9.36. The van der Waals surface area contributed by atoms with Crippen LogP contribution in [0.25, 0.3) is 0 Å². The van der Waals surface area contributed by atoms with Crippen molar-refractivity contribution >= 4 is 5.97 Å². The Kier molecular flexibility index (Phi) is 16.5. The highest BCUT2D eigenvalue weighted by Crippen LogP contribution is 2.29. The number of carbonyl (C=O) groups excluding carboxylic acids is 1. The molecular weight excluding hydrogens is 374 g/mol. The smallest absolute Gasteiger partial charge is 0.305 e. The molecule has 0 aromatic rings. The van der Waals surface area contributed by atoms with Gasteiger partial charge in [-0.3, -0.25) is 4.79 Å². The fourth-order valence-corrected chi connectivity index (χ4v) is 4.85. The summed E-state index contributed by atoms with van der Waals surface area (Å²) in [6, 6.07) is 0. The molecule has 0 saturated heterocycles. The van der Waals surface area contributed by atoms with Crippen LogP contribution in [0.5, 0.6) is 0 Å². The maximum absolute atomic E-state index is 11.8. The first kappa shape index (κ1) is 27.4. The molecule has 0 N–H and O–H groups in total. The molecular formula is C26H52NO3+. The van der Waals surface area contributed by atoms with Crippen molar-refractivity contribution in [1.29, 1.82) is 0 Å². The third-order valence-electron chi connectivity index (χ3n) is 7.43. The first-order valence-electron chi connectivity index (χ1n) is 13.2. The number of carbonyl (C=O) groups is 1. The number of rotatable bonds is 20. The lowest BCUT2D eigenvalue weighted by Crippen LogP contribution is -2.49. The first-order chi connectivity index (χ1) is 14.7. The van der Waals surface area contributed by atoms with E-state index in [-0.39, 0.29) is 5.97 Å². The molecule has 30 heavy (non-hydrogen) atoms. The van der Waals surface area contributed by atoms with Crippen molar-refractivity contribution < 1.29 is 18.8 Å². The summed E-state index contributed by atoms with van der Waals surface area (Å²) in [6.45, 7) is 12.9. The van der Waals surface area contributed by atoms with Gasteiger partial charge in [-0.05, 0) is 33.1 Å². The van der Waals surface area contributed by atoms with E-state index in [9.17, 15) is 4.79 Å². The summed E-state index contributed by atoms with van der Waals surface area (Å²) in [4.78, 5) is 11.8. The van der Waals surface area contributed by atoms with E-state index >= 15 is 0 Å². The van der Waals surface area contributed by atoms with Crippen LogP contribution in [0.2, 0.25) is 0 Å². The Bertz CT molecular complexity index is 395. The molecule has 0 aromatic carbocycles. The highest BCUT2D eigenvalue weighted by molar-refractivity contribution is 5.69. The topological polar surface area (TPSA) is 35.5 Å². The molecule has 0 aliphatic heterocycles. The van der Waals surface area contributed by atoms with Crippen molar-refractivity contribution in [3.05, 3.63) is 0 Å². The van der Waals surface area contributed by atoms with E-state index in [2.05, 4.69) is 20.8 Å². The van der Waals surface area contributed by atoms with Gasteiger partial charge in [-0.25, -0.2) is 0 Å². The fraction of sp³-hybridized carbons (Fsp3) is 0.962. The van der Waals surface area contributed by atoms with Gasteiger partial charge < -0.3 is 14.0 Å². The molecule has 0 unspecified atom stereocenters. The third-order valence-corrected chi connectivity index (χ3v) is 7.43. The SMILES string of the molecule is CC[N+](CC)(CC)CCOCCOC(=O)CCCCCCCCCCC1CCCC1. The summed E-state index contributed by atoms with van der Waals surface area (Å²) in [5.41, 5.74) is 0. The van der Waals surface area contributed by atoms with Crippen LogP contribution in [-0.4, -0.2) is 56.5 Å². The number of quaternary nitrogens is 1. The zero-order chi connectivity index (χ0) is 21.9. The number of esters is 1. The summed E-state index contributed by atoms with van der Waals surface area (Å²) >= 11 is 0. The fourth-order valence-electron chi connectivity index (χ4n) is 4.85. The zero-order valence-corrected chi connectivity index (χ0v) is 20.6. The van der Waals surface area contributed by atoms with Gasteiger partial charge in [-0.1, -0.05) is 77.0 Å². The van der Waals surface area contributed by atoms with Gasteiger partial charge in [0.05, 0.1) is 32.8 Å². The monoisotopic (exact) mass is 426 g/mol. The van der Waals surface area contributed by atoms with Crippen LogP contribution in [0.4, 0.5) is 0 Å². The molecule has 0 aromatic heterocycles. The van der Waals surface area contributed by atoms with Gasteiger partial charge in [0.15, 0.2) is 0 Å². The van der Waals surface area contributed by atoms with Crippen molar-refractivity contribution in [3.63, 3.8) is 0 Å². The molecule has 4 heteroatoms. The standard InChI is InChI=1S/C26H52NO3/c1-4-27(5-2,6-3)21-22-29-23-24-30-26(28)20-14-12-10-8-7-9-11-13-17-25-18-15-16-19-25/h25H,4-24H2,1-3H3/q+1. The largest absolute Gasteiger partial charge is 0.463 e. The van der Waals surface area contributed by atoms with Gasteiger partial charge in [-0.2, -0.15) is 0 Å². The molecule has 0 spiro atoms. The Morgan fingerprint density at radius 1 is 0.767 bits per heavy atom. The molecule has 0 radical (unpaired) electrons. The van der Waals surface area contributed by atoms with Crippen LogP contribution in [0.1, 0.15) is 111 Å². The van der Waals surface area contributed by atoms with Crippen molar-refractivity contribution in [2.45, 2.75) is 111 Å². The summed E-state index contributed by atoms with van der Waals surface area (Å²) in [6.07, 6.45) is 18.3. The average molecular weight is 427 g/mol. The number of ether oxygens (including phenoxy) is 2. The summed E-state index contributed by atoms with van der Waals surface area (Å²) in [5.74, 6) is 0.990. The molecule has 178 valence electrons. The number of nitrogens with zero attached hydrogens (tertiary/aromatic N) is 1. The lowest BCUT2D eigenvalue weighted by molar-refractivity contribution is -0.923. The van der Waals surface area contributed by atoms with Crippen LogP contribution in [-0.2, 0) is 14.3 Å². The van der Waals surface area contributed by atoms with Gasteiger partial charge in [0.25, 0.3) is 0 Å². The third kappa shape index (κ3) is 12.9. The van der Waals surface area contributed by atoms with E-state index in [1.807, 2.05) is 0 Å². The molecule has 1 fully saturated rings. The van der Waals surface area contributed by atoms with E-state index in [0.717, 1.165) is 56.0 Å². The molecule has 0 bridgehead atoms. The Morgan fingerprint density at radius 3 is 1.93 bits per heavy atom. The molecule has 0 amide bonds. The van der Waals surface area contributed by atoms with Crippen LogP contribution in [0, 0.1) is 5.92 Å². The zero-order valence-electron chi connectivity index (χ0n) is 20.6. The minimum atomic E-state index is -0.0636. The predicted octanol–water partition coefficient (Wildman–Crippen LogP) is 6.51. The molecule has 1 aliphatic rings. The Balaban J connectivity index is 1.81. The first-order valence-corrected chi connectivity index (χ1v) is 13.2. The van der Waals surface area contributed by atoms with Crippen LogP contribution in [0.15, 0.2) is 0 Å². The predicted molar refractivity (Wildman–Crippen MR) is 127 cm³/mol. The number of likely N-dealkylation sites (N-methyl/N-ethyl adjacent to an activating group) is 1. The molecule has 0 atom stereocenters. The second-order valence-corrected chi connectivity index (χ2v) is 9.36. The van der Waals surface area contributed by atoms with Crippen LogP contribution in [0.3, 0.4) is 0 Å². The van der Waals surface area contributed by atoms with Gasteiger partial charge in [0.1, 0.15) is 13.2 Å². The summed E-state index contributed by atoms with van der Waals surface area (Å²) < 4.78 is 12.1. The molecule has 1 saturated carbocycles. The lowest BCUT2D eigenvalue weighted by Gasteiger charge is -2.35. The second kappa shape index (κ2) is 18.0. The highest BCUT2D eigenvalue weighted by atomic mass is 16.6. The Labute approximate surface area is 187 Å². The highest BCUT2D eigenvalue weighted by Gasteiger charge is 2.19. The summed E-state index contributed by atoms with van der Waals surface area (Å²) in [7, 11) is 0. The quantitative estimate of drug-likeness (QED) is 0.126. The van der Waals surface area contributed by atoms with E-state index in [1.165, 1.54) is 70.6 Å². The Hall–Kier alpha value is -0.610. The van der Waals surface area contributed by atoms with Crippen molar-refractivity contribution in [2.24, 2.45) is 5.92 Å². The normalized spacial score (nSPS) is 15.0. The van der Waals surface area contributed by atoms with Crippen LogP contribution < -0.4 is 0 Å². The molecule has 1 aliphatic carbocycles. The molecule has 1 rings (SSSR count). The van der Waals surface area contributed by atoms with E-state index < -0.39 is 0 Å². The van der Waals surface area contributed by atoms with Crippen molar-refractivity contribution in [1.82, 2.24) is 0 Å². The van der Waals surface area contributed by atoms with Gasteiger partial charge in [0.2, 0.25) is 0 Å². The number of unbranched alkanes of at least 4 members (excludes halogenated alkanes) is 7. The van der Waals surface area contributed by atoms with Gasteiger partial charge in [0, 0.05) is 6.42 Å². The maximum atomic E-state index is 11.8. The van der Waals surface area contributed by atoms with E-state index in [1.54, 1.807) is 0 Å². The number of hydrogen-bond acceptors (Lipinski definition) is 3. The minimum Gasteiger partial charge on any atom is -0.463 e. The Morgan fingerprint density at radius 2 is 1.33 bits per heavy atom. The molecule has 0 heterocycles. The average Bonchev–Trinajstić information content (AvgIpc) is 3.28. The molecule has 4 nitrogen and oxygen atoms in total.